The second-order valence-electron chi connectivity index (χ2n) is 8.27. The number of nitrogens with zero attached hydrogens (tertiary/aromatic N) is 4. The van der Waals surface area contributed by atoms with E-state index in [1.165, 1.54) is 0 Å². The van der Waals surface area contributed by atoms with Gasteiger partial charge in [0.25, 0.3) is 0 Å². The van der Waals surface area contributed by atoms with Gasteiger partial charge in [-0.2, -0.15) is 0 Å². The zero-order valence-corrected chi connectivity index (χ0v) is 18.1. The highest BCUT2D eigenvalue weighted by Crippen LogP contribution is 2.26. The van der Waals surface area contributed by atoms with E-state index in [2.05, 4.69) is 15.0 Å². The highest BCUT2D eigenvalue weighted by Gasteiger charge is 2.27. The van der Waals surface area contributed by atoms with Crippen molar-refractivity contribution in [3.8, 4) is 0 Å². The van der Waals surface area contributed by atoms with Crippen molar-refractivity contribution in [2.24, 2.45) is 11.8 Å². The number of hydrogen-bond acceptors (Lipinski definition) is 6. The summed E-state index contributed by atoms with van der Waals surface area (Å²) in [6.07, 6.45) is 5.62. The maximum absolute atomic E-state index is 12.8. The predicted octanol–water partition coefficient (Wildman–Crippen LogP) is 3.15. The van der Waals surface area contributed by atoms with E-state index >= 15 is 0 Å². The maximum atomic E-state index is 12.8. The molecule has 1 saturated heterocycles. The van der Waals surface area contributed by atoms with Crippen LogP contribution >= 0.6 is 0 Å². The van der Waals surface area contributed by atoms with Gasteiger partial charge in [-0.05, 0) is 57.6 Å². The fourth-order valence-electron chi connectivity index (χ4n) is 4.17. The van der Waals surface area contributed by atoms with Crippen molar-refractivity contribution >= 4 is 17.5 Å². The Morgan fingerprint density at radius 2 is 1.93 bits per heavy atom. The molecule has 0 aliphatic carbocycles. The first-order valence-electron chi connectivity index (χ1n) is 10.7. The Balaban J connectivity index is 1.47. The monoisotopic (exact) mass is 409 g/mol. The van der Waals surface area contributed by atoms with Crippen LogP contribution < -0.4 is 5.73 Å². The summed E-state index contributed by atoms with van der Waals surface area (Å²) < 4.78 is 0. The van der Waals surface area contributed by atoms with E-state index in [0.29, 0.717) is 23.3 Å². The molecular formula is C23H31N5O2. The van der Waals surface area contributed by atoms with Crippen LogP contribution in [0.2, 0.25) is 0 Å². The summed E-state index contributed by atoms with van der Waals surface area (Å²) in [6, 6.07) is 5.25. The van der Waals surface area contributed by atoms with Crippen molar-refractivity contribution in [2.45, 2.75) is 52.9 Å². The topological polar surface area (TPSA) is 102 Å². The second-order valence-corrected chi connectivity index (χ2v) is 8.27. The number of nitrogens with two attached hydrogens (primary N) is 1. The molecule has 3 heterocycles. The standard InChI is InChI=1S/C23H31N5O2/c1-15(14-21(29)20-6-4-5-11-25-20)23(30)28-12-9-18(10-13-28)7-8-19-16(2)26-17(3)27-22(19)24/h4-6,11,15,18H,7-10,12-14H2,1-3H3,(H2,24,26,27)/t15-/m1/s1. The van der Waals surface area contributed by atoms with Gasteiger partial charge in [-0.25, -0.2) is 9.97 Å². The molecule has 2 aromatic rings. The molecule has 3 rings (SSSR count). The van der Waals surface area contributed by atoms with Gasteiger partial charge in [0.1, 0.15) is 17.3 Å². The van der Waals surface area contributed by atoms with Crippen molar-refractivity contribution in [1.82, 2.24) is 19.9 Å². The van der Waals surface area contributed by atoms with E-state index in [1.807, 2.05) is 25.7 Å². The number of ketones is 1. The van der Waals surface area contributed by atoms with Crippen LogP contribution in [-0.4, -0.2) is 44.6 Å². The third-order valence-corrected chi connectivity index (χ3v) is 5.95. The summed E-state index contributed by atoms with van der Waals surface area (Å²) >= 11 is 0. The summed E-state index contributed by atoms with van der Waals surface area (Å²) in [7, 11) is 0. The van der Waals surface area contributed by atoms with Gasteiger partial charge in [0, 0.05) is 42.9 Å². The fourth-order valence-corrected chi connectivity index (χ4v) is 4.17. The normalized spacial score (nSPS) is 15.8. The Morgan fingerprint density at radius 1 is 1.20 bits per heavy atom. The molecule has 7 nitrogen and oxygen atoms in total. The summed E-state index contributed by atoms with van der Waals surface area (Å²) in [5, 5.41) is 0. The number of rotatable bonds is 7. The van der Waals surface area contributed by atoms with Crippen LogP contribution in [-0.2, 0) is 11.2 Å². The molecule has 2 aromatic heterocycles. The minimum atomic E-state index is -0.330. The molecule has 0 bridgehead atoms. The number of nitrogen functional groups attached to an aromatic ring is 1. The number of carbonyl (C=O) groups excluding carboxylic acids is 2. The van der Waals surface area contributed by atoms with Gasteiger partial charge >= 0.3 is 0 Å². The Morgan fingerprint density at radius 3 is 2.57 bits per heavy atom. The SMILES string of the molecule is Cc1nc(C)c(CCC2CCN(C(=O)[C@H](C)CC(=O)c3ccccn3)CC2)c(N)n1. The molecule has 1 aliphatic heterocycles. The smallest absolute Gasteiger partial charge is 0.225 e. The van der Waals surface area contributed by atoms with Crippen molar-refractivity contribution in [3.05, 3.63) is 47.2 Å². The number of aromatic nitrogens is 3. The number of likely N-dealkylation sites (tertiary alicyclic amines) is 1. The highest BCUT2D eigenvalue weighted by atomic mass is 16.2. The lowest BCUT2D eigenvalue weighted by molar-refractivity contribution is -0.136. The molecule has 1 aliphatic rings. The fraction of sp³-hybridized carbons (Fsp3) is 0.522. The lowest BCUT2D eigenvalue weighted by atomic mass is 9.89. The average Bonchev–Trinajstić information content (AvgIpc) is 2.73. The number of carbonyl (C=O) groups is 2. The van der Waals surface area contributed by atoms with Crippen LogP contribution in [0.5, 0.6) is 0 Å². The summed E-state index contributed by atoms with van der Waals surface area (Å²) in [4.78, 5) is 39.8. The molecule has 1 fully saturated rings. The van der Waals surface area contributed by atoms with Gasteiger partial charge in [-0.1, -0.05) is 13.0 Å². The van der Waals surface area contributed by atoms with E-state index in [4.69, 9.17) is 5.73 Å². The van der Waals surface area contributed by atoms with Gasteiger partial charge in [0.05, 0.1) is 0 Å². The first-order valence-corrected chi connectivity index (χ1v) is 10.7. The molecule has 2 N–H and O–H groups in total. The minimum Gasteiger partial charge on any atom is -0.383 e. The van der Waals surface area contributed by atoms with Crippen molar-refractivity contribution in [2.75, 3.05) is 18.8 Å². The third kappa shape index (κ3) is 5.40. The quantitative estimate of drug-likeness (QED) is 0.705. The summed E-state index contributed by atoms with van der Waals surface area (Å²) in [6.45, 7) is 7.15. The van der Waals surface area contributed by atoms with Gasteiger partial charge in [0.15, 0.2) is 5.78 Å². The van der Waals surface area contributed by atoms with Crippen LogP contribution in [0.3, 0.4) is 0 Å². The molecular weight excluding hydrogens is 378 g/mol. The number of amides is 1. The molecule has 1 amide bonds. The molecule has 1 atom stereocenters. The molecule has 0 aromatic carbocycles. The van der Waals surface area contributed by atoms with Crippen molar-refractivity contribution in [1.29, 1.82) is 0 Å². The van der Waals surface area contributed by atoms with Gasteiger partial charge in [-0.3, -0.25) is 14.6 Å². The maximum Gasteiger partial charge on any atom is 0.225 e. The van der Waals surface area contributed by atoms with Crippen LogP contribution in [0.4, 0.5) is 5.82 Å². The van der Waals surface area contributed by atoms with Crippen molar-refractivity contribution < 1.29 is 9.59 Å². The van der Waals surface area contributed by atoms with Gasteiger partial charge in [-0.15, -0.1) is 0 Å². The summed E-state index contributed by atoms with van der Waals surface area (Å²) in [5.41, 5.74) is 8.50. The Bertz CT molecular complexity index is 869. The van der Waals surface area contributed by atoms with Gasteiger partial charge in [0.2, 0.25) is 5.91 Å². The van der Waals surface area contributed by atoms with E-state index in [-0.39, 0.29) is 24.0 Å². The highest BCUT2D eigenvalue weighted by molar-refractivity contribution is 5.96. The lowest BCUT2D eigenvalue weighted by Crippen LogP contribution is -2.41. The van der Waals surface area contributed by atoms with Crippen LogP contribution in [0.1, 0.15) is 60.2 Å². The minimum absolute atomic E-state index is 0.0600. The number of hydrogen-bond donors (Lipinski definition) is 1. The zero-order valence-electron chi connectivity index (χ0n) is 18.1. The first-order chi connectivity index (χ1) is 14.3. The second kappa shape index (κ2) is 9.78. The Hall–Kier alpha value is -2.83. The Kier molecular flexibility index (Phi) is 7.13. The van der Waals surface area contributed by atoms with Crippen molar-refractivity contribution in [3.63, 3.8) is 0 Å². The number of anilines is 1. The van der Waals surface area contributed by atoms with E-state index < -0.39 is 0 Å². The van der Waals surface area contributed by atoms with Gasteiger partial charge < -0.3 is 10.6 Å². The first kappa shape index (κ1) is 21.9. The Labute approximate surface area is 178 Å². The molecule has 0 radical (unpaired) electrons. The number of pyridine rings is 1. The van der Waals surface area contributed by atoms with E-state index in [1.54, 1.807) is 24.4 Å². The average molecular weight is 410 g/mol. The molecule has 7 heteroatoms. The van der Waals surface area contributed by atoms with Crippen LogP contribution in [0, 0.1) is 25.7 Å². The number of Topliss-reactive ketones (excluding diaryl/α,β-unsaturated/α-hetero) is 1. The lowest BCUT2D eigenvalue weighted by Gasteiger charge is -2.33. The number of piperidine rings is 1. The third-order valence-electron chi connectivity index (χ3n) is 5.95. The molecule has 30 heavy (non-hydrogen) atoms. The molecule has 0 spiro atoms. The van der Waals surface area contributed by atoms with Crippen LogP contribution in [0.25, 0.3) is 0 Å². The van der Waals surface area contributed by atoms with E-state index in [0.717, 1.165) is 50.0 Å². The molecule has 0 saturated carbocycles. The zero-order chi connectivity index (χ0) is 21.7. The largest absolute Gasteiger partial charge is 0.383 e. The van der Waals surface area contributed by atoms with Crippen LogP contribution in [0.15, 0.2) is 24.4 Å². The number of aryl methyl sites for hydroxylation is 2. The molecule has 0 unspecified atom stereocenters. The summed E-state index contributed by atoms with van der Waals surface area (Å²) in [5.74, 6) is 1.49. The molecule has 160 valence electrons. The van der Waals surface area contributed by atoms with E-state index in [9.17, 15) is 9.59 Å². The predicted molar refractivity (Wildman–Crippen MR) is 116 cm³/mol.